The van der Waals surface area contributed by atoms with Gasteiger partial charge in [0.25, 0.3) is 0 Å². The lowest BCUT2D eigenvalue weighted by Gasteiger charge is -2.42. The van der Waals surface area contributed by atoms with Crippen molar-refractivity contribution >= 4 is 27.5 Å². The molecule has 1 aromatic heterocycles. The number of thiophene rings is 1. The fraction of sp³-hybridized carbons (Fsp3) is 0.550. The third-order valence-corrected chi connectivity index (χ3v) is 6.04. The lowest BCUT2D eigenvalue weighted by atomic mass is 9.85. The molecule has 2 heterocycles. The molecule has 1 N–H and O–H groups in total. The van der Waals surface area contributed by atoms with Gasteiger partial charge in [0.2, 0.25) is 0 Å². The number of methoxy groups -OCH3 is 1. The van der Waals surface area contributed by atoms with E-state index >= 15 is 0 Å². The molecule has 2 aromatic rings. The normalized spacial score (nSPS) is 23.9. The van der Waals surface area contributed by atoms with Gasteiger partial charge < -0.3 is 19.5 Å². The number of carbonyl (C=O) groups is 1. The summed E-state index contributed by atoms with van der Waals surface area (Å²) in [5, 5.41) is 12.4. The molecule has 2 unspecified atom stereocenters. The standard InChI is InChI=1S/C20H27NO4S/c1-13-12-20(23,8-9-21(13)18(22)25-19(2,3)4)17-10-14-6-7-15(24-5)11-16(14)26-17/h6-7,10-11,13,23H,8-9,12H2,1-5H3. The van der Waals surface area contributed by atoms with E-state index in [9.17, 15) is 9.90 Å². The van der Waals surface area contributed by atoms with Crippen LogP contribution in [0.5, 0.6) is 5.75 Å². The predicted molar refractivity (Wildman–Crippen MR) is 104 cm³/mol. The summed E-state index contributed by atoms with van der Waals surface area (Å²) in [5.41, 5.74) is -1.44. The Bertz CT molecular complexity index is 810. The van der Waals surface area contributed by atoms with Crippen LogP contribution in [0.1, 0.15) is 45.4 Å². The maximum Gasteiger partial charge on any atom is 0.410 e. The van der Waals surface area contributed by atoms with Crippen molar-refractivity contribution in [2.24, 2.45) is 0 Å². The molecule has 1 amide bonds. The Morgan fingerprint density at radius 2 is 2.08 bits per heavy atom. The van der Waals surface area contributed by atoms with Crippen LogP contribution < -0.4 is 4.74 Å². The van der Waals surface area contributed by atoms with Crippen LogP contribution in [-0.4, -0.2) is 41.4 Å². The first-order valence-electron chi connectivity index (χ1n) is 8.91. The quantitative estimate of drug-likeness (QED) is 0.836. The van der Waals surface area contributed by atoms with Gasteiger partial charge in [-0.15, -0.1) is 11.3 Å². The molecule has 0 spiro atoms. The molecule has 142 valence electrons. The molecule has 0 aliphatic carbocycles. The van der Waals surface area contributed by atoms with Crippen LogP contribution in [0.2, 0.25) is 0 Å². The molecular formula is C20H27NO4S. The fourth-order valence-electron chi connectivity index (χ4n) is 3.41. The van der Waals surface area contributed by atoms with Crippen molar-refractivity contribution in [3.63, 3.8) is 0 Å². The molecule has 1 fully saturated rings. The van der Waals surface area contributed by atoms with Crippen LogP contribution in [0.15, 0.2) is 24.3 Å². The molecule has 6 heteroatoms. The molecule has 0 radical (unpaired) electrons. The molecule has 1 aromatic carbocycles. The Kier molecular flexibility index (Phi) is 4.92. The van der Waals surface area contributed by atoms with E-state index in [0.717, 1.165) is 20.7 Å². The molecule has 0 bridgehead atoms. The first-order chi connectivity index (χ1) is 12.1. The van der Waals surface area contributed by atoms with Crippen LogP contribution in [0.3, 0.4) is 0 Å². The number of fused-ring (bicyclic) bond motifs is 1. The summed E-state index contributed by atoms with van der Waals surface area (Å²) in [6, 6.07) is 7.89. The summed E-state index contributed by atoms with van der Waals surface area (Å²) in [6.45, 7) is 8.03. The third kappa shape index (κ3) is 3.81. The van der Waals surface area contributed by atoms with Crippen LogP contribution in [-0.2, 0) is 10.3 Å². The van der Waals surface area contributed by atoms with Gasteiger partial charge in [0.1, 0.15) is 17.0 Å². The molecule has 1 saturated heterocycles. The van der Waals surface area contributed by atoms with Gasteiger partial charge in [-0.1, -0.05) is 0 Å². The van der Waals surface area contributed by atoms with E-state index in [0.29, 0.717) is 19.4 Å². The minimum absolute atomic E-state index is 0.0941. The van der Waals surface area contributed by atoms with E-state index < -0.39 is 11.2 Å². The van der Waals surface area contributed by atoms with Crippen LogP contribution in [0, 0.1) is 0 Å². The largest absolute Gasteiger partial charge is 0.497 e. The first kappa shape index (κ1) is 19.0. The number of likely N-dealkylation sites (tertiary alicyclic amines) is 1. The smallest absolute Gasteiger partial charge is 0.410 e. The summed E-state index contributed by atoms with van der Waals surface area (Å²) in [7, 11) is 1.65. The number of hydrogen-bond donors (Lipinski definition) is 1. The highest BCUT2D eigenvalue weighted by Gasteiger charge is 2.41. The van der Waals surface area contributed by atoms with Crippen molar-refractivity contribution in [1.29, 1.82) is 0 Å². The molecular weight excluding hydrogens is 350 g/mol. The minimum Gasteiger partial charge on any atom is -0.497 e. The SMILES string of the molecule is COc1ccc2cc(C3(O)CCN(C(=O)OC(C)(C)C)C(C)C3)sc2c1. The van der Waals surface area contributed by atoms with Crippen molar-refractivity contribution in [2.45, 2.75) is 57.8 Å². The number of nitrogens with zero attached hydrogens (tertiary/aromatic N) is 1. The number of carbonyl (C=O) groups excluding carboxylic acids is 1. The average molecular weight is 378 g/mol. The summed E-state index contributed by atoms with van der Waals surface area (Å²) in [5.74, 6) is 0.811. The monoisotopic (exact) mass is 377 g/mol. The highest BCUT2D eigenvalue weighted by molar-refractivity contribution is 7.19. The second kappa shape index (κ2) is 6.74. The molecule has 26 heavy (non-hydrogen) atoms. The minimum atomic E-state index is -0.922. The van der Waals surface area contributed by atoms with Gasteiger partial charge in [0.05, 0.1) is 7.11 Å². The highest BCUT2D eigenvalue weighted by Crippen LogP contribution is 2.42. The summed E-state index contributed by atoms with van der Waals surface area (Å²) < 4.78 is 11.9. The Labute approximate surface area is 158 Å². The van der Waals surface area contributed by atoms with E-state index in [4.69, 9.17) is 9.47 Å². The van der Waals surface area contributed by atoms with Crippen molar-refractivity contribution in [3.8, 4) is 5.75 Å². The predicted octanol–water partition coefficient (Wildman–Crippen LogP) is 4.52. The first-order valence-corrected chi connectivity index (χ1v) is 9.73. The lowest BCUT2D eigenvalue weighted by molar-refractivity contribution is -0.0525. The van der Waals surface area contributed by atoms with Crippen LogP contribution in [0.25, 0.3) is 10.1 Å². The maximum absolute atomic E-state index is 12.4. The zero-order valence-electron chi connectivity index (χ0n) is 16.0. The van der Waals surface area contributed by atoms with Crippen molar-refractivity contribution in [2.75, 3.05) is 13.7 Å². The molecule has 5 nitrogen and oxygen atoms in total. The van der Waals surface area contributed by atoms with Gasteiger partial charge >= 0.3 is 6.09 Å². The van der Waals surface area contributed by atoms with Gasteiger partial charge in [-0.3, -0.25) is 0 Å². The van der Waals surface area contributed by atoms with Crippen LogP contribution >= 0.6 is 11.3 Å². The second-order valence-corrected chi connectivity index (χ2v) is 9.11. The van der Waals surface area contributed by atoms with Crippen molar-refractivity contribution in [1.82, 2.24) is 4.90 Å². The van der Waals surface area contributed by atoms with Crippen molar-refractivity contribution < 1.29 is 19.4 Å². The zero-order chi connectivity index (χ0) is 19.1. The molecule has 0 saturated carbocycles. The number of ether oxygens (including phenoxy) is 2. The van der Waals surface area contributed by atoms with Gasteiger partial charge in [0, 0.05) is 28.6 Å². The van der Waals surface area contributed by atoms with E-state index in [1.165, 1.54) is 0 Å². The second-order valence-electron chi connectivity index (χ2n) is 8.02. The number of benzene rings is 1. The van der Waals surface area contributed by atoms with Gasteiger partial charge in [0.15, 0.2) is 0 Å². The molecule has 2 atom stereocenters. The number of amides is 1. The highest BCUT2D eigenvalue weighted by atomic mass is 32.1. The number of aliphatic hydroxyl groups is 1. The molecule has 1 aliphatic rings. The van der Waals surface area contributed by atoms with E-state index in [2.05, 4.69) is 6.07 Å². The summed E-state index contributed by atoms with van der Waals surface area (Å²) in [4.78, 5) is 15.1. The van der Waals surface area contributed by atoms with E-state index in [-0.39, 0.29) is 12.1 Å². The zero-order valence-corrected chi connectivity index (χ0v) is 16.9. The maximum atomic E-state index is 12.4. The van der Waals surface area contributed by atoms with Crippen molar-refractivity contribution in [3.05, 3.63) is 29.1 Å². The lowest BCUT2D eigenvalue weighted by Crippen LogP contribution is -2.51. The molecule has 1 aliphatic heterocycles. The third-order valence-electron chi connectivity index (χ3n) is 4.75. The average Bonchev–Trinajstić information content (AvgIpc) is 2.96. The summed E-state index contributed by atoms with van der Waals surface area (Å²) in [6.07, 6.45) is 0.685. The number of hydrogen-bond acceptors (Lipinski definition) is 5. The molecule has 3 rings (SSSR count). The number of piperidine rings is 1. The van der Waals surface area contributed by atoms with Crippen LogP contribution in [0.4, 0.5) is 4.79 Å². The Morgan fingerprint density at radius 3 is 2.69 bits per heavy atom. The van der Waals surface area contributed by atoms with Gasteiger partial charge in [-0.25, -0.2) is 4.79 Å². The van der Waals surface area contributed by atoms with E-state index in [1.54, 1.807) is 23.3 Å². The van der Waals surface area contributed by atoms with Gasteiger partial charge in [-0.05, 0) is 63.8 Å². The Balaban J connectivity index is 1.79. The Morgan fingerprint density at radius 1 is 1.35 bits per heavy atom. The Hall–Kier alpha value is -1.79. The fourth-order valence-corrected chi connectivity index (χ4v) is 4.63. The topological polar surface area (TPSA) is 59.0 Å². The summed E-state index contributed by atoms with van der Waals surface area (Å²) >= 11 is 1.59. The number of rotatable bonds is 2. The van der Waals surface area contributed by atoms with E-state index in [1.807, 2.05) is 45.9 Å². The van der Waals surface area contributed by atoms with Gasteiger partial charge in [-0.2, -0.15) is 0 Å².